The molecule has 1 fully saturated rings. The number of ether oxygens (including phenoxy) is 2. The first-order chi connectivity index (χ1) is 12.3. The fourth-order valence-corrected chi connectivity index (χ4v) is 1.53. The minimum atomic E-state index is -2.94. The molecule has 5 nitrogen and oxygen atoms in total. The van der Waals surface area contributed by atoms with Crippen molar-refractivity contribution in [2.45, 2.75) is 6.10 Å². The number of hydrogen-bond acceptors (Lipinski definition) is 5. The zero-order valence-electron chi connectivity index (χ0n) is 18.5. The van der Waals surface area contributed by atoms with Crippen LogP contribution in [0.25, 0.3) is 0 Å². The number of aliphatic hydroxyl groups excluding tert-OH is 1. The van der Waals surface area contributed by atoms with E-state index < -0.39 is 38.6 Å². The van der Waals surface area contributed by atoms with Gasteiger partial charge in [0, 0.05) is 43.5 Å². The van der Waals surface area contributed by atoms with Gasteiger partial charge in [-0.25, -0.2) is 0 Å². The average molecular weight is 274 g/mol. The molecule has 0 bridgehead atoms. The molecule has 1 aromatic rings. The number of nitrogens with one attached hydrogen (secondary N) is 1. The van der Waals surface area contributed by atoms with E-state index >= 15 is 0 Å². The first kappa shape index (κ1) is 6.92. The van der Waals surface area contributed by atoms with Crippen LogP contribution in [0.2, 0.25) is 0 Å². The van der Waals surface area contributed by atoms with Crippen molar-refractivity contribution in [3.63, 3.8) is 0 Å². The highest BCUT2D eigenvalue weighted by Crippen LogP contribution is 2.25. The smallest absolute Gasteiger partial charge is 0.161 e. The zero-order valence-corrected chi connectivity index (χ0v) is 10.5. The predicted octanol–water partition coefficient (Wildman–Crippen LogP) is 0.340. The monoisotopic (exact) mass is 274 g/mol. The molecule has 0 spiro atoms. The largest absolute Gasteiger partial charge is 0.493 e. The molecule has 19 heavy (non-hydrogen) atoms. The Kier molecular flexibility index (Phi) is 2.67. The van der Waals surface area contributed by atoms with Gasteiger partial charge in [0.2, 0.25) is 0 Å². The number of benzene rings is 1. The first-order valence-electron chi connectivity index (χ1n) is 9.77. The summed E-state index contributed by atoms with van der Waals surface area (Å²) in [5, 5.41) is 12.0. The molecule has 1 saturated heterocycles. The second kappa shape index (κ2) is 7.33. The maximum atomic E-state index is 10.2. The van der Waals surface area contributed by atoms with E-state index in [2.05, 4.69) is 0 Å². The van der Waals surface area contributed by atoms with Gasteiger partial charge in [-0.2, -0.15) is 0 Å². The maximum Gasteiger partial charge on any atom is 0.161 e. The lowest BCUT2D eigenvalue weighted by molar-refractivity contribution is 0.0632. The van der Waals surface area contributed by atoms with E-state index in [1.165, 1.54) is 7.11 Å². The van der Waals surface area contributed by atoms with Crippen LogP contribution < -0.4 is 14.8 Å². The van der Waals surface area contributed by atoms with Gasteiger partial charge in [-0.05, 0) is 12.1 Å². The van der Waals surface area contributed by atoms with Gasteiger partial charge >= 0.3 is 0 Å². The number of aliphatic hydroxyl groups is 1. The van der Waals surface area contributed by atoms with E-state index in [0.29, 0.717) is 16.4 Å². The molecule has 2 N–H and O–H groups in total. The molecule has 0 saturated carbocycles. The fourth-order valence-electron chi connectivity index (χ4n) is 1.53. The van der Waals surface area contributed by atoms with Crippen LogP contribution >= 0.6 is 0 Å². The van der Waals surface area contributed by atoms with Crippen LogP contribution in [0.3, 0.4) is 0 Å². The molecule has 1 unspecified atom stereocenters. The van der Waals surface area contributed by atoms with Crippen LogP contribution in [0.15, 0.2) is 24.3 Å². The molecular formula is C14H22N2O3. The molecule has 5 heteroatoms. The van der Waals surface area contributed by atoms with Crippen molar-refractivity contribution in [3.05, 3.63) is 24.3 Å². The van der Waals surface area contributed by atoms with Gasteiger partial charge in [0.15, 0.2) is 11.5 Å². The summed E-state index contributed by atoms with van der Waals surface area (Å²) in [6.07, 6.45) is -1.43. The lowest BCUT2D eigenvalue weighted by Gasteiger charge is -2.29. The second-order valence-electron chi connectivity index (χ2n) is 3.82. The molecule has 1 atom stereocenters. The predicted molar refractivity (Wildman–Crippen MR) is 73.8 cm³/mol. The molecule has 1 heterocycles. The molecule has 0 radical (unpaired) electrons. The number of hydrogen-bond donors (Lipinski definition) is 2. The summed E-state index contributed by atoms with van der Waals surface area (Å²) in [5.74, 6) is 0.723. The third-order valence-electron chi connectivity index (χ3n) is 2.40. The van der Waals surface area contributed by atoms with E-state index in [9.17, 15) is 5.11 Å². The van der Waals surface area contributed by atoms with Gasteiger partial charge in [0.05, 0.1) is 7.11 Å². The van der Waals surface area contributed by atoms with Gasteiger partial charge in [0.1, 0.15) is 12.7 Å². The van der Waals surface area contributed by atoms with E-state index in [1.807, 2.05) is 0 Å². The normalized spacial score (nSPS) is 34.8. The molecule has 1 aromatic carbocycles. The van der Waals surface area contributed by atoms with Gasteiger partial charge in [-0.1, -0.05) is 12.1 Å². The van der Waals surface area contributed by atoms with Crippen LogP contribution in [0.4, 0.5) is 0 Å². The Morgan fingerprint density at radius 1 is 1.37 bits per heavy atom. The van der Waals surface area contributed by atoms with E-state index in [0.717, 1.165) is 0 Å². The lowest BCUT2D eigenvalue weighted by atomic mass is 10.3. The summed E-state index contributed by atoms with van der Waals surface area (Å²) in [6, 6.07) is 6.63. The van der Waals surface area contributed by atoms with Gasteiger partial charge in [0.25, 0.3) is 0 Å². The Bertz CT molecular complexity index is 648. The standard InChI is InChI=1S/C14H22N2O3/c1-18-13-4-2-3-5-14(13)19-11-12(17)10-16-8-6-15-7-9-16/h2-5,12,15,17H,6-11H2,1H3/i6D2,7D2,8D2,9D2. The summed E-state index contributed by atoms with van der Waals surface area (Å²) in [5.41, 5.74) is 0. The van der Waals surface area contributed by atoms with Crippen molar-refractivity contribution < 1.29 is 25.5 Å². The molecule has 0 amide bonds. The summed E-state index contributed by atoms with van der Waals surface area (Å²) < 4.78 is 73.2. The number of methoxy groups -OCH3 is 1. The first-order valence-corrected chi connectivity index (χ1v) is 5.77. The molecule has 1 aliphatic heterocycles. The molecule has 0 aromatic heterocycles. The van der Waals surface area contributed by atoms with Crippen LogP contribution in [0, 0.1) is 0 Å². The Hall–Kier alpha value is -1.30. The maximum absolute atomic E-state index is 10.2. The van der Waals surface area contributed by atoms with Crippen molar-refractivity contribution in [2.24, 2.45) is 0 Å². The van der Waals surface area contributed by atoms with Crippen LogP contribution in [-0.4, -0.2) is 62.4 Å². The van der Waals surface area contributed by atoms with Crippen molar-refractivity contribution in [1.29, 1.82) is 0 Å². The van der Waals surface area contributed by atoms with Gasteiger partial charge in [-0.3, -0.25) is 4.90 Å². The van der Waals surface area contributed by atoms with E-state index in [4.69, 9.17) is 20.4 Å². The second-order valence-corrected chi connectivity index (χ2v) is 3.82. The average Bonchev–Trinajstić information content (AvgIpc) is 2.55. The summed E-state index contributed by atoms with van der Waals surface area (Å²) >= 11 is 0. The Morgan fingerprint density at radius 2 is 2.05 bits per heavy atom. The van der Waals surface area contributed by atoms with Crippen molar-refractivity contribution in [1.82, 2.24) is 10.2 Å². The van der Waals surface area contributed by atoms with Crippen molar-refractivity contribution in [2.75, 3.05) is 46.2 Å². The Morgan fingerprint density at radius 3 is 2.74 bits per heavy atom. The molecule has 106 valence electrons. The fraction of sp³-hybridized carbons (Fsp3) is 0.571. The van der Waals surface area contributed by atoms with E-state index in [-0.39, 0.29) is 6.61 Å². The van der Waals surface area contributed by atoms with Crippen molar-refractivity contribution >= 4 is 0 Å². The quantitative estimate of drug-likeness (QED) is 0.783. The number of nitrogens with zero attached hydrogens (tertiary/aromatic N) is 1. The topological polar surface area (TPSA) is 54.0 Å². The number of β-amino-alcohol motifs (C(OH)–C–C–N with tert-alkyl or cyclic N) is 1. The zero-order chi connectivity index (χ0) is 20.7. The number of piperazine rings is 1. The number of para-hydroxylation sites is 2. The molecule has 1 aliphatic rings. The van der Waals surface area contributed by atoms with Crippen molar-refractivity contribution in [3.8, 4) is 11.5 Å². The Balaban J connectivity index is 2.17. The minimum Gasteiger partial charge on any atom is -0.493 e. The summed E-state index contributed by atoms with van der Waals surface area (Å²) in [6.45, 7) is -12.7. The third-order valence-corrected chi connectivity index (χ3v) is 2.40. The highest BCUT2D eigenvalue weighted by atomic mass is 16.5. The third kappa shape index (κ3) is 4.38. The van der Waals surface area contributed by atoms with E-state index in [1.54, 1.807) is 29.6 Å². The molecule has 2 rings (SSSR count). The summed E-state index contributed by atoms with van der Waals surface area (Å²) in [4.78, 5) is 0.340. The lowest BCUT2D eigenvalue weighted by Crippen LogP contribution is -2.47. The minimum absolute atomic E-state index is 0.316. The SMILES string of the molecule is [2H]C1([2H])NC([2H])([2H])C([2H])([2H])N(CC(O)COc2ccccc2OC)C1([2H])[2H]. The Labute approximate surface area is 125 Å². The van der Waals surface area contributed by atoms with Gasteiger partial charge < -0.3 is 19.9 Å². The van der Waals surface area contributed by atoms with Gasteiger partial charge in [-0.15, -0.1) is 0 Å². The highest BCUT2D eigenvalue weighted by Gasteiger charge is 2.15. The highest BCUT2D eigenvalue weighted by molar-refractivity contribution is 5.39. The molecular weight excluding hydrogens is 244 g/mol. The number of rotatable bonds is 6. The molecule has 0 aliphatic carbocycles. The van der Waals surface area contributed by atoms with Crippen LogP contribution in [0.1, 0.15) is 11.0 Å². The summed E-state index contributed by atoms with van der Waals surface area (Å²) in [7, 11) is 1.44. The van der Waals surface area contributed by atoms with Crippen LogP contribution in [0.5, 0.6) is 11.5 Å². The van der Waals surface area contributed by atoms with Crippen LogP contribution in [-0.2, 0) is 0 Å².